The molecule has 0 aromatic carbocycles. The number of carbonyl (C=O) groups is 1. The topological polar surface area (TPSA) is 67.2 Å². The van der Waals surface area contributed by atoms with E-state index in [0.717, 1.165) is 55.9 Å². The third-order valence-corrected chi connectivity index (χ3v) is 6.02. The maximum Gasteiger partial charge on any atom is 0.222 e. The molecule has 1 atom stereocenters. The van der Waals surface area contributed by atoms with Crippen molar-refractivity contribution in [2.24, 2.45) is 5.92 Å². The van der Waals surface area contributed by atoms with Gasteiger partial charge in [-0.25, -0.2) is 14.6 Å². The third-order valence-electron chi connectivity index (χ3n) is 6.02. The average molecular weight is 371 g/mol. The summed E-state index contributed by atoms with van der Waals surface area (Å²) in [5, 5.41) is 4.87. The summed E-state index contributed by atoms with van der Waals surface area (Å²) in [6.07, 6.45) is 10.2. The van der Waals surface area contributed by atoms with Crippen LogP contribution in [0.3, 0.4) is 0 Å². The van der Waals surface area contributed by atoms with E-state index in [4.69, 9.17) is 5.10 Å². The molecule has 1 aliphatic heterocycles. The van der Waals surface area contributed by atoms with Gasteiger partial charge in [-0.2, -0.15) is 5.10 Å². The molecule has 1 amide bonds. The molecule has 1 saturated carbocycles. The number of aromatic nitrogens is 4. The summed E-state index contributed by atoms with van der Waals surface area (Å²) in [5.74, 6) is 1.19. The molecule has 4 rings (SSSR count). The summed E-state index contributed by atoms with van der Waals surface area (Å²) in [4.78, 5) is 26.0. The number of fused-ring (bicyclic) bond motifs is 1. The maximum absolute atomic E-state index is 12.7. The zero-order valence-corrected chi connectivity index (χ0v) is 16.5. The van der Waals surface area contributed by atoms with Gasteiger partial charge in [0.1, 0.15) is 5.52 Å². The van der Waals surface area contributed by atoms with Crippen molar-refractivity contribution in [1.82, 2.24) is 29.5 Å². The smallest absolute Gasteiger partial charge is 0.222 e. The standard InChI is InChI=1S/C20H30N6O/c1-24(2)11-12-26-20-19(21-8-9-22-20)18(23-26)16-7-10-25(14-16)17(27)13-15-5-3-4-6-15/h8-9,15-16H,3-7,10-14H2,1-2H3. The molecule has 2 aromatic rings. The SMILES string of the molecule is CN(C)CCn1nc(C2CCN(C(=O)CC3CCCC3)C2)c2nccnc21. The molecule has 0 spiro atoms. The second-order valence-electron chi connectivity index (χ2n) is 8.32. The molecular weight excluding hydrogens is 340 g/mol. The van der Waals surface area contributed by atoms with Gasteiger partial charge in [-0.3, -0.25) is 4.79 Å². The number of nitrogens with zero attached hydrogens (tertiary/aromatic N) is 6. The molecule has 1 saturated heterocycles. The van der Waals surface area contributed by atoms with Gasteiger partial charge in [0.15, 0.2) is 5.65 Å². The Balaban J connectivity index is 1.48. The first-order valence-corrected chi connectivity index (χ1v) is 10.2. The van der Waals surface area contributed by atoms with Crippen LogP contribution in [0.15, 0.2) is 12.4 Å². The third kappa shape index (κ3) is 3.98. The highest BCUT2D eigenvalue weighted by molar-refractivity contribution is 5.78. The second-order valence-corrected chi connectivity index (χ2v) is 8.32. The van der Waals surface area contributed by atoms with Crippen molar-refractivity contribution in [3.05, 3.63) is 18.1 Å². The number of rotatable bonds is 6. The Morgan fingerprint density at radius 1 is 1.19 bits per heavy atom. The molecule has 0 radical (unpaired) electrons. The van der Waals surface area contributed by atoms with Crippen LogP contribution in [0.1, 0.15) is 50.1 Å². The van der Waals surface area contributed by atoms with E-state index in [1.54, 1.807) is 12.4 Å². The summed E-state index contributed by atoms with van der Waals surface area (Å²) >= 11 is 0. The van der Waals surface area contributed by atoms with Crippen LogP contribution >= 0.6 is 0 Å². The molecule has 3 heterocycles. The zero-order chi connectivity index (χ0) is 18.8. The van der Waals surface area contributed by atoms with E-state index in [-0.39, 0.29) is 5.92 Å². The zero-order valence-electron chi connectivity index (χ0n) is 16.5. The average Bonchev–Trinajstić information content (AvgIpc) is 3.39. The summed E-state index contributed by atoms with van der Waals surface area (Å²) in [7, 11) is 4.12. The van der Waals surface area contributed by atoms with Crippen LogP contribution in [0.2, 0.25) is 0 Å². The molecule has 27 heavy (non-hydrogen) atoms. The summed E-state index contributed by atoms with van der Waals surface area (Å²) in [6.45, 7) is 3.30. The van der Waals surface area contributed by atoms with E-state index in [1.165, 1.54) is 25.7 Å². The number of likely N-dealkylation sites (tertiary alicyclic amines) is 1. The summed E-state index contributed by atoms with van der Waals surface area (Å²) in [5.41, 5.74) is 2.75. The van der Waals surface area contributed by atoms with Crippen LogP contribution in [-0.4, -0.2) is 69.2 Å². The highest BCUT2D eigenvalue weighted by Crippen LogP contribution is 2.33. The Morgan fingerprint density at radius 2 is 1.96 bits per heavy atom. The van der Waals surface area contributed by atoms with Crippen LogP contribution in [0, 0.1) is 5.92 Å². The minimum Gasteiger partial charge on any atom is -0.342 e. The first-order chi connectivity index (χ1) is 13.1. The number of amides is 1. The van der Waals surface area contributed by atoms with E-state index in [2.05, 4.69) is 29.0 Å². The normalized spacial score (nSPS) is 21.0. The Labute approximate surface area is 160 Å². The molecule has 0 N–H and O–H groups in total. The minimum absolute atomic E-state index is 0.261. The van der Waals surface area contributed by atoms with Crippen LogP contribution in [0.25, 0.3) is 11.2 Å². The van der Waals surface area contributed by atoms with Crippen LogP contribution in [0.5, 0.6) is 0 Å². The molecule has 7 nitrogen and oxygen atoms in total. The fraction of sp³-hybridized carbons (Fsp3) is 0.700. The van der Waals surface area contributed by atoms with Gasteiger partial charge in [-0.15, -0.1) is 0 Å². The molecule has 1 aliphatic carbocycles. The summed E-state index contributed by atoms with van der Waals surface area (Å²) in [6, 6.07) is 0. The Morgan fingerprint density at radius 3 is 2.74 bits per heavy atom. The van der Waals surface area contributed by atoms with Gasteiger partial charge >= 0.3 is 0 Å². The lowest BCUT2D eigenvalue weighted by Gasteiger charge is -2.18. The number of hydrogen-bond acceptors (Lipinski definition) is 5. The second kappa shape index (κ2) is 7.92. The molecule has 146 valence electrons. The fourth-order valence-corrected chi connectivity index (χ4v) is 4.45. The molecular formula is C20H30N6O. The Hall–Kier alpha value is -2.02. The van der Waals surface area contributed by atoms with Crippen LogP contribution < -0.4 is 0 Å². The number of likely N-dealkylation sites (N-methyl/N-ethyl adjacent to an activating group) is 1. The molecule has 2 aliphatic rings. The van der Waals surface area contributed by atoms with Crippen molar-refractivity contribution in [3.63, 3.8) is 0 Å². The van der Waals surface area contributed by atoms with Gasteiger partial charge in [0.05, 0.1) is 12.2 Å². The largest absolute Gasteiger partial charge is 0.342 e. The summed E-state index contributed by atoms with van der Waals surface area (Å²) < 4.78 is 1.97. The Bertz CT molecular complexity index is 795. The van der Waals surface area contributed by atoms with Crippen molar-refractivity contribution >= 4 is 17.1 Å². The van der Waals surface area contributed by atoms with Crippen molar-refractivity contribution in [2.45, 2.75) is 51.0 Å². The predicted octanol–water partition coefficient (Wildman–Crippen LogP) is 2.28. The van der Waals surface area contributed by atoms with Crippen molar-refractivity contribution in [1.29, 1.82) is 0 Å². The van der Waals surface area contributed by atoms with Gasteiger partial charge in [0, 0.05) is 44.4 Å². The molecule has 1 unspecified atom stereocenters. The van der Waals surface area contributed by atoms with E-state index in [0.29, 0.717) is 11.8 Å². The quantitative estimate of drug-likeness (QED) is 0.780. The lowest BCUT2D eigenvalue weighted by Crippen LogP contribution is -2.29. The van der Waals surface area contributed by atoms with Gasteiger partial charge in [0.25, 0.3) is 0 Å². The lowest BCUT2D eigenvalue weighted by atomic mass is 10.0. The molecule has 2 fully saturated rings. The van der Waals surface area contributed by atoms with E-state index in [1.807, 2.05) is 9.58 Å². The monoisotopic (exact) mass is 370 g/mol. The van der Waals surface area contributed by atoms with Gasteiger partial charge in [-0.1, -0.05) is 12.8 Å². The van der Waals surface area contributed by atoms with Gasteiger partial charge in [-0.05, 0) is 39.3 Å². The predicted molar refractivity (Wildman–Crippen MR) is 104 cm³/mol. The van der Waals surface area contributed by atoms with E-state index in [9.17, 15) is 4.79 Å². The molecule has 0 bridgehead atoms. The number of hydrogen-bond donors (Lipinski definition) is 0. The van der Waals surface area contributed by atoms with Crippen molar-refractivity contribution in [2.75, 3.05) is 33.7 Å². The Kier molecular flexibility index (Phi) is 5.38. The van der Waals surface area contributed by atoms with Gasteiger partial charge in [0.2, 0.25) is 5.91 Å². The lowest BCUT2D eigenvalue weighted by molar-refractivity contribution is -0.131. The van der Waals surface area contributed by atoms with Crippen LogP contribution in [0.4, 0.5) is 0 Å². The fourth-order valence-electron chi connectivity index (χ4n) is 4.45. The molecule has 2 aromatic heterocycles. The highest BCUT2D eigenvalue weighted by atomic mass is 16.2. The van der Waals surface area contributed by atoms with E-state index < -0.39 is 0 Å². The molecule has 7 heteroatoms. The number of carbonyl (C=O) groups excluding carboxylic acids is 1. The first-order valence-electron chi connectivity index (χ1n) is 10.2. The van der Waals surface area contributed by atoms with Crippen LogP contribution in [-0.2, 0) is 11.3 Å². The highest BCUT2D eigenvalue weighted by Gasteiger charge is 2.32. The van der Waals surface area contributed by atoms with Crippen molar-refractivity contribution < 1.29 is 4.79 Å². The van der Waals surface area contributed by atoms with E-state index >= 15 is 0 Å². The van der Waals surface area contributed by atoms with Gasteiger partial charge < -0.3 is 9.80 Å². The minimum atomic E-state index is 0.261. The first kappa shape index (κ1) is 18.3. The maximum atomic E-state index is 12.7. The van der Waals surface area contributed by atoms with Crippen molar-refractivity contribution in [3.8, 4) is 0 Å².